The fourth-order valence-electron chi connectivity index (χ4n) is 4.16. The van der Waals surface area contributed by atoms with Crippen LogP contribution in [0.15, 0.2) is 24.3 Å². The summed E-state index contributed by atoms with van der Waals surface area (Å²) >= 11 is 0. The number of ether oxygens (including phenoxy) is 1. The van der Waals surface area contributed by atoms with Gasteiger partial charge < -0.3 is 15.4 Å². The second-order valence-corrected chi connectivity index (χ2v) is 7.46. The molecule has 0 radical (unpaired) electrons. The Morgan fingerprint density at radius 2 is 2.12 bits per heavy atom. The number of amides is 2. The lowest BCUT2D eigenvalue weighted by molar-refractivity contribution is -0.185. The number of carbonyl (C=O) groups is 1. The quantitative estimate of drug-likeness (QED) is 0.792. The fourth-order valence-corrected chi connectivity index (χ4v) is 4.16. The number of nitrogens with one attached hydrogen (secondary N) is 2. The van der Waals surface area contributed by atoms with Crippen molar-refractivity contribution in [3.63, 3.8) is 0 Å². The molecule has 2 aliphatic carbocycles. The van der Waals surface area contributed by atoms with Crippen molar-refractivity contribution in [1.82, 2.24) is 10.6 Å². The molecule has 2 fully saturated rings. The van der Waals surface area contributed by atoms with E-state index in [0.717, 1.165) is 18.4 Å². The maximum Gasteiger partial charge on any atom is 0.411 e. The molecule has 2 saturated carbocycles. The predicted octanol–water partition coefficient (Wildman–Crippen LogP) is 4.10. The lowest BCUT2D eigenvalue weighted by atomic mass is 9.95. The van der Waals surface area contributed by atoms with E-state index in [1.54, 1.807) is 18.2 Å². The standard InChI is InChI=1S/C19H25F3N2O2/c1-12-3-2-4-15(7-12)17(26-11-19(20,21)22)10-23-18(25)24-16-9-13-5-6-14(16)8-13/h2-4,7,13-14,16-17H,5-6,8-11H2,1H3,(H2,23,24,25). The molecule has 2 N–H and O–H groups in total. The van der Waals surface area contributed by atoms with Crippen LogP contribution in [0.2, 0.25) is 0 Å². The minimum Gasteiger partial charge on any atom is -0.362 e. The van der Waals surface area contributed by atoms with Gasteiger partial charge in [0.2, 0.25) is 0 Å². The van der Waals surface area contributed by atoms with Crippen LogP contribution in [0.4, 0.5) is 18.0 Å². The van der Waals surface area contributed by atoms with E-state index in [0.29, 0.717) is 17.4 Å². The molecule has 2 bridgehead atoms. The molecule has 0 saturated heterocycles. The zero-order valence-corrected chi connectivity index (χ0v) is 14.8. The number of urea groups is 1. The first-order valence-corrected chi connectivity index (χ1v) is 9.09. The Hall–Kier alpha value is -1.76. The molecule has 1 aromatic rings. The minimum absolute atomic E-state index is 0.00776. The Morgan fingerprint density at radius 3 is 2.73 bits per heavy atom. The molecule has 0 aliphatic heterocycles. The van der Waals surface area contributed by atoms with E-state index >= 15 is 0 Å². The third-order valence-electron chi connectivity index (χ3n) is 5.36. The average molecular weight is 370 g/mol. The smallest absolute Gasteiger partial charge is 0.362 e. The average Bonchev–Trinajstić information content (AvgIpc) is 3.16. The van der Waals surface area contributed by atoms with Crippen molar-refractivity contribution >= 4 is 6.03 Å². The van der Waals surface area contributed by atoms with Crippen LogP contribution in [0.25, 0.3) is 0 Å². The van der Waals surface area contributed by atoms with Gasteiger partial charge in [0.25, 0.3) is 0 Å². The van der Waals surface area contributed by atoms with Crippen molar-refractivity contribution in [2.45, 2.75) is 50.9 Å². The normalized spacial score (nSPS) is 25.9. The molecule has 26 heavy (non-hydrogen) atoms. The second-order valence-electron chi connectivity index (χ2n) is 7.46. The van der Waals surface area contributed by atoms with E-state index < -0.39 is 18.9 Å². The first kappa shape index (κ1) is 19.0. The summed E-state index contributed by atoms with van der Waals surface area (Å²) in [6, 6.07) is 6.96. The highest BCUT2D eigenvalue weighted by atomic mass is 19.4. The zero-order valence-electron chi connectivity index (χ0n) is 14.8. The maximum atomic E-state index is 12.5. The maximum absolute atomic E-state index is 12.5. The summed E-state index contributed by atoms with van der Waals surface area (Å²) in [5.41, 5.74) is 1.55. The number of fused-ring (bicyclic) bond motifs is 2. The van der Waals surface area contributed by atoms with E-state index in [9.17, 15) is 18.0 Å². The first-order chi connectivity index (χ1) is 12.3. The molecule has 3 rings (SSSR count). The Balaban J connectivity index is 1.55. The van der Waals surface area contributed by atoms with Gasteiger partial charge in [0.05, 0.1) is 0 Å². The molecular formula is C19H25F3N2O2. The van der Waals surface area contributed by atoms with Crippen LogP contribution in [0.1, 0.15) is 42.9 Å². The van der Waals surface area contributed by atoms with Gasteiger partial charge in [-0.25, -0.2) is 4.79 Å². The summed E-state index contributed by atoms with van der Waals surface area (Å²) in [6.07, 6.45) is -0.688. The highest BCUT2D eigenvalue weighted by Crippen LogP contribution is 2.44. The minimum atomic E-state index is -4.41. The summed E-state index contributed by atoms with van der Waals surface area (Å²) in [7, 11) is 0. The third-order valence-corrected chi connectivity index (χ3v) is 5.36. The van der Waals surface area contributed by atoms with Crippen molar-refractivity contribution in [3.8, 4) is 0 Å². The number of benzene rings is 1. The summed E-state index contributed by atoms with van der Waals surface area (Å²) in [5.74, 6) is 1.25. The van der Waals surface area contributed by atoms with Crippen molar-refractivity contribution in [2.24, 2.45) is 11.8 Å². The van der Waals surface area contributed by atoms with Gasteiger partial charge in [-0.2, -0.15) is 13.2 Å². The van der Waals surface area contributed by atoms with Crippen LogP contribution in [0.5, 0.6) is 0 Å². The van der Waals surface area contributed by atoms with Crippen molar-refractivity contribution in [3.05, 3.63) is 35.4 Å². The van der Waals surface area contributed by atoms with Crippen LogP contribution >= 0.6 is 0 Å². The molecule has 144 valence electrons. The summed E-state index contributed by atoms with van der Waals surface area (Å²) in [4.78, 5) is 12.2. The van der Waals surface area contributed by atoms with Crippen molar-refractivity contribution in [1.29, 1.82) is 0 Å². The molecule has 4 atom stereocenters. The number of alkyl halides is 3. The molecule has 0 spiro atoms. The SMILES string of the molecule is Cc1cccc(C(CNC(=O)NC2CC3CCC2C3)OCC(F)(F)F)c1. The molecule has 1 aromatic carbocycles. The monoisotopic (exact) mass is 370 g/mol. The number of rotatable bonds is 6. The topological polar surface area (TPSA) is 50.4 Å². The predicted molar refractivity (Wildman–Crippen MR) is 91.7 cm³/mol. The highest BCUT2D eigenvalue weighted by Gasteiger charge is 2.40. The Kier molecular flexibility index (Phi) is 5.75. The van der Waals surface area contributed by atoms with Crippen molar-refractivity contribution < 1.29 is 22.7 Å². The van der Waals surface area contributed by atoms with Gasteiger partial charge in [-0.1, -0.05) is 36.2 Å². The summed E-state index contributed by atoms with van der Waals surface area (Å²) in [5, 5.41) is 5.65. The summed E-state index contributed by atoms with van der Waals surface area (Å²) < 4.78 is 42.7. The number of aryl methyl sites for hydroxylation is 1. The second kappa shape index (κ2) is 7.86. The van der Waals surface area contributed by atoms with Crippen LogP contribution in [0.3, 0.4) is 0 Å². The Labute approximate surface area is 151 Å². The molecule has 4 nitrogen and oxygen atoms in total. The van der Waals surface area contributed by atoms with E-state index in [-0.39, 0.29) is 18.6 Å². The number of hydrogen-bond acceptors (Lipinski definition) is 2. The van der Waals surface area contributed by atoms with E-state index in [1.807, 2.05) is 13.0 Å². The van der Waals surface area contributed by atoms with Gasteiger partial charge in [-0.05, 0) is 43.6 Å². The molecule has 7 heteroatoms. The lowest BCUT2D eigenvalue weighted by Gasteiger charge is -2.24. The number of halogens is 3. The largest absolute Gasteiger partial charge is 0.411 e. The zero-order chi connectivity index (χ0) is 18.7. The van der Waals surface area contributed by atoms with Gasteiger partial charge in [0.15, 0.2) is 0 Å². The van der Waals surface area contributed by atoms with Gasteiger partial charge >= 0.3 is 12.2 Å². The highest BCUT2D eigenvalue weighted by molar-refractivity contribution is 5.74. The number of hydrogen-bond donors (Lipinski definition) is 2. The van der Waals surface area contributed by atoms with E-state index in [2.05, 4.69) is 10.6 Å². The third kappa shape index (κ3) is 5.13. The molecular weight excluding hydrogens is 345 g/mol. The van der Waals surface area contributed by atoms with Crippen LogP contribution in [-0.4, -0.2) is 31.4 Å². The fraction of sp³-hybridized carbons (Fsp3) is 0.632. The first-order valence-electron chi connectivity index (χ1n) is 9.09. The molecule has 0 aromatic heterocycles. The van der Waals surface area contributed by atoms with Crippen molar-refractivity contribution in [2.75, 3.05) is 13.2 Å². The van der Waals surface area contributed by atoms with Crippen LogP contribution in [0, 0.1) is 18.8 Å². The van der Waals surface area contributed by atoms with E-state index in [4.69, 9.17) is 4.74 Å². The Morgan fingerprint density at radius 1 is 1.31 bits per heavy atom. The molecule has 0 heterocycles. The van der Waals surface area contributed by atoms with Crippen LogP contribution < -0.4 is 10.6 Å². The van der Waals surface area contributed by atoms with Gasteiger partial charge in [-0.3, -0.25) is 0 Å². The lowest BCUT2D eigenvalue weighted by Crippen LogP contribution is -2.45. The van der Waals surface area contributed by atoms with Gasteiger partial charge in [0, 0.05) is 12.6 Å². The summed E-state index contributed by atoms with van der Waals surface area (Å²) in [6.45, 7) is 0.507. The van der Waals surface area contributed by atoms with Gasteiger partial charge in [0.1, 0.15) is 12.7 Å². The molecule has 2 aliphatic rings. The van der Waals surface area contributed by atoms with E-state index in [1.165, 1.54) is 12.8 Å². The molecule has 2 amide bonds. The Bertz CT molecular complexity index is 635. The van der Waals surface area contributed by atoms with Crippen LogP contribution in [-0.2, 0) is 4.74 Å². The number of carbonyl (C=O) groups excluding carboxylic acids is 1. The molecule has 4 unspecified atom stereocenters. The van der Waals surface area contributed by atoms with Gasteiger partial charge in [-0.15, -0.1) is 0 Å².